The van der Waals surface area contributed by atoms with Gasteiger partial charge in [-0.3, -0.25) is 10.00 Å². The molecule has 0 bridgehead atoms. The van der Waals surface area contributed by atoms with Crippen molar-refractivity contribution in [3.63, 3.8) is 0 Å². The number of ether oxygens (including phenoxy) is 1. The van der Waals surface area contributed by atoms with Gasteiger partial charge < -0.3 is 15.0 Å². The second-order valence-corrected chi connectivity index (χ2v) is 9.87. The summed E-state index contributed by atoms with van der Waals surface area (Å²) in [4.78, 5) is 14.7. The van der Waals surface area contributed by atoms with E-state index >= 15 is 0 Å². The van der Waals surface area contributed by atoms with Gasteiger partial charge in [-0.2, -0.15) is 10.1 Å². The monoisotopic (exact) mass is 439 g/mol. The zero-order chi connectivity index (χ0) is 20.6. The van der Waals surface area contributed by atoms with Crippen molar-refractivity contribution >= 4 is 39.1 Å². The Morgan fingerprint density at radius 2 is 1.94 bits per heavy atom. The van der Waals surface area contributed by atoms with Gasteiger partial charge in [-0.05, 0) is 43.0 Å². The minimum atomic E-state index is 0.657. The number of H-pyrrole nitrogens is 1. The van der Waals surface area contributed by atoms with Crippen LogP contribution >= 0.6 is 11.3 Å². The lowest BCUT2D eigenvalue weighted by molar-refractivity contribution is 0.0289. The van der Waals surface area contributed by atoms with Crippen LogP contribution in [-0.2, 0) is 4.74 Å². The molecule has 1 saturated carbocycles. The molecule has 0 radical (unpaired) electrons. The van der Waals surface area contributed by atoms with Crippen LogP contribution in [0.1, 0.15) is 37.3 Å². The van der Waals surface area contributed by atoms with E-state index in [0.29, 0.717) is 5.92 Å². The van der Waals surface area contributed by atoms with Gasteiger partial charge in [0.2, 0.25) is 5.95 Å². The first-order chi connectivity index (χ1) is 15.3. The summed E-state index contributed by atoms with van der Waals surface area (Å²) in [7, 11) is 0. The molecule has 1 aliphatic carbocycles. The Hall–Kier alpha value is -2.23. The average molecular weight is 440 g/mol. The average Bonchev–Trinajstić information content (AvgIpc) is 3.35. The first kappa shape index (κ1) is 19.5. The molecule has 0 spiro atoms. The highest BCUT2D eigenvalue weighted by Gasteiger charge is 2.27. The molecule has 0 unspecified atom stereocenters. The molecule has 3 aliphatic rings. The van der Waals surface area contributed by atoms with Crippen molar-refractivity contribution in [3.8, 4) is 0 Å². The zero-order valence-electron chi connectivity index (χ0n) is 17.7. The molecular weight excluding hydrogens is 410 g/mol. The van der Waals surface area contributed by atoms with Gasteiger partial charge in [0.1, 0.15) is 0 Å². The molecule has 2 aliphatic heterocycles. The Morgan fingerprint density at radius 1 is 1.10 bits per heavy atom. The Morgan fingerprint density at radius 3 is 2.74 bits per heavy atom. The van der Waals surface area contributed by atoms with E-state index in [0.717, 1.165) is 73.1 Å². The van der Waals surface area contributed by atoms with Crippen molar-refractivity contribution < 1.29 is 4.74 Å². The van der Waals surface area contributed by atoms with Crippen LogP contribution in [0.15, 0.2) is 17.5 Å². The van der Waals surface area contributed by atoms with Gasteiger partial charge in [-0.15, -0.1) is 11.3 Å². The molecule has 3 aromatic heterocycles. The third-order valence-electron chi connectivity index (χ3n) is 6.67. The van der Waals surface area contributed by atoms with Crippen molar-refractivity contribution in [1.82, 2.24) is 25.1 Å². The van der Waals surface area contributed by atoms with Crippen LogP contribution in [-0.4, -0.2) is 71.0 Å². The maximum atomic E-state index is 5.48. The van der Waals surface area contributed by atoms with Gasteiger partial charge in [0.05, 0.1) is 23.4 Å². The number of morpholine rings is 1. The summed E-state index contributed by atoms with van der Waals surface area (Å²) in [6.45, 7) is 7.11. The van der Waals surface area contributed by atoms with E-state index in [4.69, 9.17) is 14.7 Å². The lowest BCUT2D eigenvalue weighted by Crippen LogP contribution is -2.43. The number of nitrogens with one attached hydrogen (secondary N) is 2. The van der Waals surface area contributed by atoms with E-state index in [2.05, 4.69) is 42.8 Å². The quantitative estimate of drug-likeness (QED) is 0.607. The third kappa shape index (κ3) is 4.26. The molecule has 2 saturated heterocycles. The summed E-state index contributed by atoms with van der Waals surface area (Å²) in [6, 6.07) is 4.21. The number of thiophene rings is 1. The number of aromatic nitrogens is 4. The molecule has 0 amide bonds. The Kier molecular flexibility index (Phi) is 5.25. The van der Waals surface area contributed by atoms with Gasteiger partial charge >= 0.3 is 0 Å². The third-order valence-corrected chi connectivity index (χ3v) is 7.58. The molecule has 3 aromatic rings. The minimum Gasteiger partial charge on any atom is -0.379 e. The van der Waals surface area contributed by atoms with Crippen LogP contribution in [0.5, 0.6) is 0 Å². The van der Waals surface area contributed by atoms with Crippen molar-refractivity contribution in [2.75, 3.05) is 56.2 Å². The van der Waals surface area contributed by atoms with Gasteiger partial charge in [0.15, 0.2) is 11.6 Å². The Bertz CT molecular complexity index is 1030. The van der Waals surface area contributed by atoms with Crippen LogP contribution < -0.4 is 10.2 Å². The van der Waals surface area contributed by atoms with E-state index in [9.17, 15) is 0 Å². The fourth-order valence-electron chi connectivity index (χ4n) is 4.67. The van der Waals surface area contributed by atoms with Crippen molar-refractivity contribution in [2.24, 2.45) is 5.92 Å². The molecule has 6 rings (SSSR count). The van der Waals surface area contributed by atoms with Crippen molar-refractivity contribution in [1.29, 1.82) is 0 Å². The number of fused-ring (bicyclic) bond motifs is 1. The zero-order valence-corrected chi connectivity index (χ0v) is 18.5. The molecule has 3 fully saturated rings. The number of nitrogens with zero attached hydrogens (tertiary/aromatic N) is 5. The summed E-state index contributed by atoms with van der Waals surface area (Å²) >= 11 is 1.67. The molecule has 8 nitrogen and oxygen atoms in total. The van der Waals surface area contributed by atoms with E-state index in [-0.39, 0.29) is 0 Å². The number of rotatable bonds is 6. The number of hydrogen-bond donors (Lipinski definition) is 2. The first-order valence-electron chi connectivity index (χ1n) is 11.4. The van der Waals surface area contributed by atoms with E-state index in [1.807, 2.05) is 0 Å². The highest BCUT2D eigenvalue weighted by atomic mass is 32.1. The summed E-state index contributed by atoms with van der Waals surface area (Å²) < 4.78 is 6.57. The molecule has 5 heterocycles. The maximum Gasteiger partial charge on any atom is 0.227 e. The fourth-order valence-corrected chi connectivity index (χ4v) is 5.44. The predicted molar refractivity (Wildman–Crippen MR) is 123 cm³/mol. The van der Waals surface area contributed by atoms with Gasteiger partial charge in [-0.1, -0.05) is 0 Å². The molecule has 9 heteroatoms. The molecule has 0 aromatic carbocycles. The number of piperidine rings is 1. The molecule has 31 heavy (non-hydrogen) atoms. The molecule has 0 atom stereocenters. The van der Waals surface area contributed by atoms with E-state index < -0.39 is 0 Å². The topological polar surface area (TPSA) is 82.2 Å². The van der Waals surface area contributed by atoms with Crippen LogP contribution in [0.25, 0.3) is 10.2 Å². The standard InChI is InChI=1S/C22H29N7OS/c1-2-16(1)18-13-19(27-26-18)24-21-20-17(5-12-31-20)23-22(25-21)29-6-3-15(4-7-29)14-28-8-10-30-11-9-28/h5,12-13,15-16H,1-4,6-11,14H2,(H2,23,24,25,26,27). The van der Waals surface area contributed by atoms with Gasteiger partial charge in [0.25, 0.3) is 0 Å². The van der Waals surface area contributed by atoms with Crippen LogP contribution in [0.2, 0.25) is 0 Å². The Labute approximate surface area is 186 Å². The molecular formula is C22H29N7OS. The second-order valence-electron chi connectivity index (χ2n) is 8.96. The smallest absolute Gasteiger partial charge is 0.227 e. The fraction of sp³-hybridized carbons (Fsp3) is 0.591. The number of aromatic amines is 1. The van der Waals surface area contributed by atoms with Crippen LogP contribution in [0.3, 0.4) is 0 Å². The highest BCUT2D eigenvalue weighted by molar-refractivity contribution is 7.17. The molecule has 164 valence electrons. The summed E-state index contributed by atoms with van der Waals surface area (Å²) in [6.07, 6.45) is 4.90. The SMILES string of the molecule is c1cc2nc(N3CCC(CN4CCOCC4)CC3)nc(Nc3cc(C4CC4)[nH]n3)c2s1. The second kappa shape index (κ2) is 8.37. The lowest BCUT2D eigenvalue weighted by Gasteiger charge is -2.36. The van der Waals surface area contributed by atoms with Crippen molar-refractivity contribution in [3.05, 3.63) is 23.2 Å². The van der Waals surface area contributed by atoms with Crippen LogP contribution in [0, 0.1) is 5.92 Å². The lowest BCUT2D eigenvalue weighted by atomic mass is 9.96. The first-order valence-corrected chi connectivity index (χ1v) is 12.3. The number of anilines is 3. The van der Waals surface area contributed by atoms with Gasteiger partial charge in [0, 0.05) is 50.4 Å². The van der Waals surface area contributed by atoms with Crippen molar-refractivity contribution in [2.45, 2.75) is 31.6 Å². The van der Waals surface area contributed by atoms with E-state index in [1.54, 1.807) is 11.3 Å². The summed E-state index contributed by atoms with van der Waals surface area (Å²) in [5, 5.41) is 13.2. The number of hydrogen-bond acceptors (Lipinski definition) is 8. The highest BCUT2D eigenvalue weighted by Crippen LogP contribution is 2.40. The van der Waals surface area contributed by atoms with E-state index in [1.165, 1.54) is 37.9 Å². The molecule has 2 N–H and O–H groups in total. The minimum absolute atomic E-state index is 0.657. The van der Waals surface area contributed by atoms with Gasteiger partial charge in [-0.25, -0.2) is 4.98 Å². The Balaban J connectivity index is 1.16. The van der Waals surface area contributed by atoms with Crippen LogP contribution in [0.4, 0.5) is 17.6 Å². The largest absolute Gasteiger partial charge is 0.379 e. The predicted octanol–water partition coefficient (Wildman–Crippen LogP) is 3.58. The maximum absolute atomic E-state index is 5.48. The normalized spacial score (nSPS) is 21.1. The summed E-state index contributed by atoms with van der Waals surface area (Å²) in [5.41, 5.74) is 2.23. The summed E-state index contributed by atoms with van der Waals surface area (Å²) in [5.74, 6) is 3.94.